The molecule has 0 atom stereocenters. The second-order valence-electron chi connectivity index (χ2n) is 4.50. The van der Waals surface area contributed by atoms with E-state index in [1.165, 1.54) is 11.7 Å². The molecule has 2 aliphatic rings. The lowest BCUT2D eigenvalue weighted by Crippen LogP contribution is -2.36. The fraction of sp³-hybridized carbons (Fsp3) is 0.154. The van der Waals surface area contributed by atoms with Gasteiger partial charge >= 0.3 is 5.69 Å². The van der Waals surface area contributed by atoms with Gasteiger partial charge in [-0.3, -0.25) is 9.36 Å². The van der Waals surface area contributed by atoms with Gasteiger partial charge < -0.3 is 0 Å². The molecule has 0 fully saturated rings. The molecule has 0 radical (unpaired) electrons. The number of hydrogen-bond acceptors (Lipinski definition) is 5. The Labute approximate surface area is 127 Å². The molecule has 0 aliphatic carbocycles. The third-order valence-electron chi connectivity index (χ3n) is 3.08. The highest BCUT2D eigenvalue weighted by Gasteiger charge is 2.19. The quantitative estimate of drug-likeness (QED) is 0.650. The van der Waals surface area contributed by atoms with Gasteiger partial charge in [-0.05, 0) is 12.1 Å². The van der Waals surface area contributed by atoms with Crippen molar-refractivity contribution in [3.63, 3.8) is 0 Å². The van der Waals surface area contributed by atoms with Crippen molar-refractivity contribution in [1.29, 1.82) is 0 Å². The molecule has 2 heterocycles. The van der Waals surface area contributed by atoms with Crippen molar-refractivity contribution in [3.8, 4) is 22.9 Å². The molecule has 0 saturated heterocycles. The van der Waals surface area contributed by atoms with Crippen LogP contribution in [0, 0.1) is 0 Å². The summed E-state index contributed by atoms with van der Waals surface area (Å²) in [6, 6.07) is 7.40. The molecule has 2 aliphatic heterocycles. The molecule has 0 N–H and O–H groups in total. The number of nitrogens with zero attached hydrogens (tertiary/aromatic N) is 5. The van der Waals surface area contributed by atoms with Crippen LogP contribution in [0.15, 0.2) is 38.3 Å². The van der Waals surface area contributed by atoms with E-state index >= 15 is 0 Å². The second-order valence-corrected chi connectivity index (χ2v) is 5.41. The summed E-state index contributed by atoms with van der Waals surface area (Å²) in [5, 5.41) is 4.25. The minimum absolute atomic E-state index is 0.118. The van der Waals surface area contributed by atoms with E-state index in [1.54, 1.807) is 7.05 Å². The summed E-state index contributed by atoms with van der Waals surface area (Å²) >= 11 is 3.36. The first-order valence-electron chi connectivity index (χ1n) is 6.05. The summed E-state index contributed by atoms with van der Waals surface area (Å²) in [5.74, 6) is 0.569. The molecule has 0 spiro atoms. The fourth-order valence-electron chi connectivity index (χ4n) is 1.92. The number of aromatic nitrogens is 5. The first kappa shape index (κ1) is 13.6. The topological polar surface area (TPSA) is 82.7 Å². The third-order valence-corrected chi connectivity index (χ3v) is 3.61. The summed E-state index contributed by atoms with van der Waals surface area (Å²) in [6.07, 6.45) is 0. The van der Waals surface area contributed by atoms with Crippen LogP contribution in [-0.4, -0.2) is 24.3 Å². The smallest absolute Gasteiger partial charge is 0.267 e. The molecular weight excluding hydrogens is 338 g/mol. The van der Waals surface area contributed by atoms with Gasteiger partial charge in [0, 0.05) is 24.1 Å². The zero-order valence-electron chi connectivity index (χ0n) is 11.2. The van der Waals surface area contributed by atoms with E-state index in [-0.39, 0.29) is 11.5 Å². The van der Waals surface area contributed by atoms with E-state index in [0.717, 1.165) is 14.6 Å². The van der Waals surface area contributed by atoms with E-state index < -0.39 is 11.2 Å². The molecule has 1 aromatic carbocycles. The maximum absolute atomic E-state index is 12.2. The molecule has 0 bridgehead atoms. The molecule has 7 nitrogen and oxygen atoms in total. The number of halogens is 1. The maximum Gasteiger partial charge on any atom is 0.352 e. The van der Waals surface area contributed by atoms with E-state index in [4.69, 9.17) is 0 Å². The fourth-order valence-corrected chi connectivity index (χ4v) is 2.19. The molecule has 8 heteroatoms. The molecule has 0 aromatic heterocycles. The standard InChI is InChI=1S/C13H10BrN5O2/c1-18-12(20)9-11(16-13(18)21)19(2)17-10(15-9)7-3-5-8(14)6-4-7/h3-6H,1-2H3. The average Bonchev–Trinajstić information content (AvgIpc) is 2.47. The molecule has 1 aromatic rings. The van der Waals surface area contributed by atoms with Crippen molar-refractivity contribution < 1.29 is 0 Å². The highest BCUT2D eigenvalue weighted by molar-refractivity contribution is 9.10. The highest BCUT2D eigenvalue weighted by atomic mass is 79.9. The summed E-state index contributed by atoms with van der Waals surface area (Å²) in [6.45, 7) is 0. The molecule has 0 amide bonds. The lowest BCUT2D eigenvalue weighted by molar-refractivity contribution is 0.678. The lowest BCUT2D eigenvalue weighted by atomic mass is 10.2. The first-order chi connectivity index (χ1) is 9.97. The third kappa shape index (κ3) is 2.27. The predicted octanol–water partition coefficient (Wildman–Crippen LogP) is 0.803. The number of hydrogen-bond donors (Lipinski definition) is 0. The highest BCUT2D eigenvalue weighted by Crippen LogP contribution is 2.20. The van der Waals surface area contributed by atoms with Crippen LogP contribution in [-0.2, 0) is 14.1 Å². The van der Waals surface area contributed by atoms with Crippen LogP contribution < -0.4 is 11.2 Å². The van der Waals surface area contributed by atoms with Gasteiger partial charge in [-0.25, -0.2) is 14.5 Å². The number of rotatable bonds is 1. The van der Waals surface area contributed by atoms with Crippen LogP contribution in [0.2, 0.25) is 0 Å². The largest absolute Gasteiger partial charge is 0.352 e. The van der Waals surface area contributed by atoms with Gasteiger partial charge in [0.2, 0.25) is 0 Å². The molecule has 106 valence electrons. The molecule has 21 heavy (non-hydrogen) atoms. The molecule has 0 unspecified atom stereocenters. The maximum atomic E-state index is 12.2. The second kappa shape index (κ2) is 4.88. The Bertz CT molecular complexity index is 913. The van der Waals surface area contributed by atoms with Crippen molar-refractivity contribution in [2.45, 2.75) is 0 Å². The van der Waals surface area contributed by atoms with E-state index in [0.29, 0.717) is 5.82 Å². The monoisotopic (exact) mass is 347 g/mol. The van der Waals surface area contributed by atoms with Crippen LogP contribution in [0.3, 0.4) is 0 Å². The average molecular weight is 348 g/mol. The van der Waals surface area contributed by atoms with E-state index in [1.807, 2.05) is 24.3 Å². The zero-order valence-corrected chi connectivity index (χ0v) is 12.8. The van der Waals surface area contributed by atoms with E-state index in [9.17, 15) is 9.59 Å². The van der Waals surface area contributed by atoms with Gasteiger partial charge in [0.15, 0.2) is 17.3 Å². The van der Waals surface area contributed by atoms with Gasteiger partial charge in [0.1, 0.15) is 0 Å². The summed E-state index contributed by atoms with van der Waals surface area (Å²) < 4.78 is 3.26. The van der Waals surface area contributed by atoms with Gasteiger partial charge in [-0.1, -0.05) is 28.1 Å². The Morgan fingerprint density at radius 3 is 2.38 bits per heavy atom. The lowest BCUT2D eigenvalue weighted by Gasteiger charge is -2.11. The zero-order chi connectivity index (χ0) is 15.1. The Balaban J connectivity index is 2.33. The Morgan fingerprint density at radius 2 is 1.71 bits per heavy atom. The van der Waals surface area contributed by atoms with Crippen LogP contribution in [0.4, 0.5) is 0 Å². The van der Waals surface area contributed by atoms with E-state index in [2.05, 4.69) is 31.0 Å². The van der Waals surface area contributed by atoms with Crippen molar-refractivity contribution in [2.75, 3.05) is 0 Å². The van der Waals surface area contributed by atoms with Crippen LogP contribution in [0.25, 0.3) is 22.9 Å². The SMILES string of the molecule is Cn1nc(-c2ccc(Br)cc2)nc2c(=O)n(C)c(=O)nc1-2. The van der Waals surface area contributed by atoms with Gasteiger partial charge in [0.05, 0.1) is 0 Å². The molecular formula is C13H10BrN5O2. The summed E-state index contributed by atoms with van der Waals surface area (Å²) in [4.78, 5) is 31.8. The Kier molecular flexibility index (Phi) is 3.17. The van der Waals surface area contributed by atoms with Crippen LogP contribution in [0.1, 0.15) is 0 Å². The Morgan fingerprint density at radius 1 is 1.05 bits per heavy atom. The summed E-state index contributed by atoms with van der Waals surface area (Å²) in [5.41, 5.74) is -0.221. The van der Waals surface area contributed by atoms with Crippen molar-refractivity contribution in [3.05, 3.63) is 49.6 Å². The number of fused-ring (bicyclic) bond motifs is 1. The number of benzene rings is 1. The predicted molar refractivity (Wildman–Crippen MR) is 80.1 cm³/mol. The van der Waals surface area contributed by atoms with Gasteiger partial charge in [-0.2, -0.15) is 10.1 Å². The molecule has 3 rings (SSSR count). The minimum Gasteiger partial charge on any atom is -0.267 e. The number of aryl methyl sites for hydroxylation is 1. The summed E-state index contributed by atoms with van der Waals surface area (Å²) in [7, 11) is 3.00. The van der Waals surface area contributed by atoms with Crippen molar-refractivity contribution in [2.24, 2.45) is 14.1 Å². The Hall–Kier alpha value is -2.35. The molecule has 0 saturated carbocycles. The van der Waals surface area contributed by atoms with Gasteiger partial charge in [-0.15, -0.1) is 0 Å². The normalized spacial score (nSPS) is 11.0. The van der Waals surface area contributed by atoms with Crippen molar-refractivity contribution >= 4 is 15.9 Å². The van der Waals surface area contributed by atoms with Crippen LogP contribution >= 0.6 is 15.9 Å². The van der Waals surface area contributed by atoms with Crippen LogP contribution in [0.5, 0.6) is 0 Å². The van der Waals surface area contributed by atoms with Gasteiger partial charge in [0.25, 0.3) is 5.56 Å². The first-order valence-corrected chi connectivity index (χ1v) is 6.84. The van der Waals surface area contributed by atoms with Crippen molar-refractivity contribution in [1.82, 2.24) is 24.3 Å². The minimum atomic E-state index is -0.622.